The molecule has 3 heterocycles. The summed E-state index contributed by atoms with van der Waals surface area (Å²) in [4.78, 5) is 8.50. The number of hydrogen-bond donors (Lipinski definition) is 1. The van der Waals surface area contributed by atoms with Crippen LogP contribution in [0.4, 0.5) is 10.3 Å². The molecule has 0 amide bonds. The van der Waals surface area contributed by atoms with Gasteiger partial charge >= 0.3 is 0 Å². The first-order valence-corrected chi connectivity index (χ1v) is 12.2. The van der Waals surface area contributed by atoms with Gasteiger partial charge in [0.25, 0.3) is 0 Å². The van der Waals surface area contributed by atoms with Crippen molar-refractivity contribution in [1.29, 1.82) is 0 Å². The standard InChI is InChI=1S/C24H25FN6O3S/c1-32-17-8-5-9-18(33-2)21(17)31-23(19-10-6-12-34-19)28-29-24(31)30-35-20-11-4-3-7-16(20)22-26-13-15(25)14-27-22/h5-6,8-10,12-14,16,20H,3-4,7,11H2,1-2H3,(H,29,30). The van der Waals surface area contributed by atoms with Crippen LogP contribution in [0.15, 0.2) is 53.4 Å². The van der Waals surface area contributed by atoms with Crippen molar-refractivity contribution in [3.8, 4) is 28.8 Å². The molecule has 35 heavy (non-hydrogen) atoms. The van der Waals surface area contributed by atoms with Gasteiger partial charge in [0.05, 0.1) is 32.9 Å². The van der Waals surface area contributed by atoms with Gasteiger partial charge in [-0.2, -0.15) is 0 Å². The summed E-state index contributed by atoms with van der Waals surface area (Å²) in [6, 6.07) is 9.18. The molecule has 1 aliphatic carbocycles. The van der Waals surface area contributed by atoms with Crippen LogP contribution in [0.3, 0.4) is 0 Å². The van der Waals surface area contributed by atoms with E-state index in [1.807, 2.05) is 28.8 Å². The van der Waals surface area contributed by atoms with Gasteiger partial charge in [0.1, 0.15) is 23.0 Å². The lowest BCUT2D eigenvalue weighted by Crippen LogP contribution is -2.23. The van der Waals surface area contributed by atoms with Crippen molar-refractivity contribution >= 4 is 17.9 Å². The van der Waals surface area contributed by atoms with E-state index < -0.39 is 5.82 Å². The molecule has 1 aliphatic rings. The largest absolute Gasteiger partial charge is 0.494 e. The Morgan fingerprint density at radius 2 is 1.77 bits per heavy atom. The third-order valence-electron chi connectivity index (χ3n) is 6.01. The molecule has 1 aromatic carbocycles. The Kier molecular flexibility index (Phi) is 6.84. The van der Waals surface area contributed by atoms with Gasteiger partial charge in [-0.1, -0.05) is 18.9 Å². The number of ether oxygens (including phenoxy) is 2. The lowest BCUT2D eigenvalue weighted by molar-refractivity contribution is 0.391. The zero-order valence-corrected chi connectivity index (χ0v) is 20.2. The minimum Gasteiger partial charge on any atom is -0.494 e. The van der Waals surface area contributed by atoms with E-state index in [1.54, 1.807) is 38.5 Å². The van der Waals surface area contributed by atoms with Gasteiger partial charge in [-0.15, -0.1) is 10.2 Å². The van der Waals surface area contributed by atoms with Crippen molar-refractivity contribution in [2.75, 3.05) is 18.9 Å². The van der Waals surface area contributed by atoms with Crippen LogP contribution in [0.2, 0.25) is 0 Å². The summed E-state index contributed by atoms with van der Waals surface area (Å²) >= 11 is 1.54. The van der Waals surface area contributed by atoms with Crippen molar-refractivity contribution in [2.45, 2.75) is 36.9 Å². The molecule has 1 fully saturated rings. The van der Waals surface area contributed by atoms with Crippen LogP contribution in [0.1, 0.15) is 37.4 Å². The van der Waals surface area contributed by atoms with Crippen LogP contribution in [-0.4, -0.2) is 44.2 Å². The van der Waals surface area contributed by atoms with Gasteiger partial charge in [0.2, 0.25) is 11.8 Å². The van der Waals surface area contributed by atoms with Crippen molar-refractivity contribution in [2.24, 2.45) is 0 Å². The van der Waals surface area contributed by atoms with Crippen LogP contribution in [0.5, 0.6) is 11.5 Å². The molecule has 2 atom stereocenters. The van der Waals surface area contributed by atoms with E-state index in [-0.39, 0.29) is 11.2 Å². The molecule has 0 spiro atoms. The predicted molar refractivity (Wildman–Crippen MR) is 130 cm³/mol. The fourth-order valence-corrected chi connectivity index (χ4v) is 5.45. The molecule has 0 saturated heterocycles. The van der Waals surface area contributed by atoms with E-state index >= 15 is 0 Å². The Bertz CT molecular complexity index is 1240. The van der Waals surface area contributed by atoms with E-state index in [1.165, 1.54) is 12.4 Å². The lowest BCUT2D eigenvalue weighted by Gasteiger charge is -2.29. The Morgan fingerprint density at radius 1 is 1.03 bits per heavy atom. The van der Waals surface area contributed by atoms with E-state index in [9.17, 15) is 4.39 Å². The number of hydrogen-bond acceptors (Lipinski definition) is 9. The molecule has 0 radical (unpaired) electrons. The van der Waals surface area contributed by atoms with Crippen LogP contribution >= 0.6 is 11.9 Å². The summed E-state index contributed by atoms with van der Waals surface area (Å²) in [6.45, 7) is 0. The van der Waals surface area contributed by atoms with E-state index in [0.29, 0.717) is 40.5 Å². The maximum atomic E-state index is 13.4. The second kappa shape index (κ2) is 10.3. The molecular weight excluding hydrogens is 471 g/mol. The van der Waals surface area contributed by atoms with Gasteiger partial charge in [-0.05, 0) is 49.1 Å². The number of methoxy groups -OCH3 is 2. The zero-order chi connectivity index (χ0) is 24.2. The van der Waals surface area contributed by atoms with Crippen molar-refractivity contribution in [3.05, 3.63) is 60.6 Å². The Morgan fingerprint density at radius 3 is 2.46 bits per heavy atom. The van der Waals surface area contributed by atoms with Gasteiger partial charge in [-0.3, -0.25) is 9.29 Å². The molecule has 4 aromatic rings. The number of anilines is 1. The first-order valence-electron chi connectivity index (χ1n) is 11.3. The molecule has 1 N–H and O–H groups in total. The van der Waals surface area contributed by atoms with Crippen LogP contribution in [0.25, 0.3) is 17.3 Å². The molecule has 2 unspecified atom stereocenters. The lowest BCUT2D eigenvalue weighted by atomic mass is 9.88. The average Bonchev–Trinajstić information content (AvgIpc) is 3.57. The van der Waals surface area contributed by atoms with Crippen molar-refractivity contribution < 1.29 is 18.3 Å². The summed E-state index contributed by atoms with van der Waals surface area (Å²) in [7, 11) is 3.21. The normalized spacial score (nSPS) is 17.8. The molecule has 182 valence electrons. The van der Waals surface area contributed by atoms with Crippen LogP contribution < -0.4 is 14.2 Å². The van der Waals surface area contributed by atoms with E-state index in [4.69, 9.17) is 13.9 Å². The summed E-state index contributed by atoms with van der Waals surface area (Å²) < 4.78 is 35.5. The summed E-state index contributed by atoms with van der Waals surface area (Å²) in [5, 5.41) is 9.00. The van der Waals surface area contributed by atoms with Gasteiger partial charge in [-0.25, -0.2) is 14.4 Å². The van der Waals surface area contributed by atoms with Crippen molar-refractivity contribution in [1.82, 2.24) is 24.7 Å². The SMILES string of the molecule is COc1cccc(OC)c1-n1c(NSC2CCCCC2c2ncc(F)cn2)nnc1-c1ccco1. The molecule has 5 rings (SSSR count). The van der Waals surface area contributed by atoms with E-state index in [2.05, 4.69) is 24.9 Å². The second-order valence-corrected chi connectivity index (χ2v) is 9.13. The Labute approximate surface area is 206 Å². The number of aromatic nitrogens is 5. The highest BCUT2D eigenvalue weighted by Crippen LogP contribution is 2.41. The molecule has 3 aromatic heterocycles. The minimum atomic E-state index is -0.434. The van der Waals surface area contributed by atoms with Gasteiger partial charge in [0.15, 0.2) is 11.6 Å². The number of benzene rings is 1. The third-order valence-corrected chi connectivity index (χ3v) is 7.17. The maximum absolute atomic E-state index is 13.4. The quantitative estimate of drug-likeness (QED) is 0.327. The first-order chi connectivity index (χ1) is 17.2. The molecule has 9 nitrogen and oxygen atoms in total. The van der Waals surface area contributed by atoms with Crippen LogP contribution in [0, 0.1) is 5.82 Å². The highest BCUT2D eigenvalue weighted by atomic mass is 32.2. The van der Waals surface area contributed by atoms with E-state index in [0.717, 1.165) is 25.7 Å². The predicted octanol–water partition coefficient (Wildman–Crippen LogP) is 5.26. The number of nitrogens with zero attached hydrogens (tertiary/aromatic N) is 5. The second-order valence-electron chi connectivity index (χ2n) is 8.08. The highest BCUT2D eigenvalue weighted by molar-refractivity contribution is 8.01. The number of furan rings is 1. The monoisotopic (exact) mass is 496 g/mol. The smallest absolute Gasteiger partial charge is 0.239 e. The topological polar surface area (TPSA) is 100 Å². The molecule has 0 aliphatic heterocycles. The molecule has 0 bridgehead atoms. The highest BCUT2D eigenvalue weighted by Gasteiger charge is 2.31. The fourth-order valence-electron chi connectivity index (χ4n) is 4.36. The summed E-state index contributed by atoms with van der Waals surface area (Å²) in [6.07, 6.45) is 8.14. The first kappa shape index (κ1) is 23.2. The number of nitrogens with one attached hydrogen (secondary N) is 1. The van der Waals surface area contributed by atoms with Crippen molar-refractivity contribution in [3.63, 3.8) is 0 Å². The maximum Gasteiger partial charge on any atom is 0.239 e. The van der Waals surface area contributed by atoms with Gasteiger partial charge in [0, 0.05) is 11.2 Å². The third kappa shape index (κ3) is 4.68. The number of rotatable bonds is 8. The Balaban J connectivity index is 1.50. The fraction of sp³-hybridized carbons (Fsp3) is 0.333. The van der Waals surface area contributed by atoms with Crippen LogP contribution in [-0.2, 0) is 0 Å². The molecule has 1 saturated carbocycles. The summed E-state index contributed by atoms with van der Waals surface area (Å²) in [5.41, 5.74) is 0.652. The average molecular weight is 497 g/mol. The molecular formula is C24H25FN6O3S. The summed E-state index contributed by atoms with van der Waals surface area (Å²) in [5.74, 6) is 3.07. The molecule has 11 heteroatoms. The number of halogens is 1. The minimum absolute atomic E-state index is 0.101. The Hall–Kier alpha value is -3.60. The van der Waals surface area contributed by atoms with Gasteiger partial charge < -0.3 is 13.9 Å². The zero-order valence-electron chi connectivity index (χ0n) is 19.3. The number of para-hydroxylation sites is 1.